The summed E-state index contributed by atoms with van der Waals surface area (Å²) >= 11 is 0. The van der Waals surface area contributed by atoms with Crippen LogP contribution in [0.5, 0.6) is 11.5 Å². The van der Waals surface area contributed by atoms with Crippen molar-refractivity contribution in [2.24, 2.45) is 0 Å². The molecular weight excluding hydrogens is 422 g/mol. The van der Waals surface area contributed by atoms with Gasteiger partial charge < -0.3 is 24.2 Å². The number of likely N-dealkylation sites (tertiary alicyclic amines) is 1. The van der Waals surface area contributed by atoms with Crippen molar-refractivity contribution >= 4 is 17.4 Å². The lowest BCUT2D eigenvalue weighted by Gasteiger charge is -2.27. The van der Waals surface area contributed by atoms with E-state index in [2.05, 4.69) is 0 Å². The van der Waals surface area contributed by atoms with Crippen LogP contribution in [-0.4, -0.2) is 54.7 Å². The Morgan fingerprint density at radius 1 is 1.15 bits per heavy atom. The van der Waals surface area contributed by atoms with Gasteiger partial charge in [0.2, 0.25) is 0 Å². The lowest BCUT2D eigenvalue weighted by atomic mass is 9.95. The Balaban J connectivity index is 1.77. The number of rotatable bonds is 8. The minimum atomic E-state index is -0.722. The highest BCUT2D eigenvalue weighted by molar-refractivity contribution is 6.46. The molecule has 7 nitrogen and oxygen atoms in total. The molecule has 0 aliphatic carbocycles. The third kappa shape index (κ3) is 4.73. The summed E-state index contributed by atoms with van der Waals surface area (Å²) in [6.45, 7) is 3.49. The Morgan fingerprint density at radius 2 is 1.94 bits per heavy atom. The zero-order valence-electron chi connectivity index (χ0n) is 19.0. The summed E-state index contributed by atoms with van der Waals surface area (Å²) in [5.74, 6) is -0.297. The molecule has 2 aliphatic rings. The van der Waals surface area contributed by atoms with E-state index in [1.807, 2.05) is 19.1 Å². The molecule has 0 radical (unpaired) electrons. The van der Waals surface area contributed by atoms with Gasteiger partial charge in [0.15, 0.2) is 0 Å². The summed E-state index contributed by atoms with van der Waals surface area (Å²) < 4.78 is 16.7. The Hall–Kier alpha value is -3.32. The van der Waals surface area contributed by atoms with Gasteiger partial charge in [0.25, 0.3) is 11.7 Å². The third-order valence-electron chi connectivity index (χ3n) is 5.98. The first-order valence-electron chi connectivity index (χ1n) is 11.3. The predicted octanol–water partition coefficient (Wildman–Crippen LogP) is 4.08. The molecule has 2 aromatic rings. The number of methoxy groups -OCH3 is 1. The van der Waals surface area contributed by atoms with Crippen molar-refractivity contribution in [1.82, 2.24) is 4.90 Å². The lowest BCUT2D eigenvalue weighted by molar-refractivity contribution is -0.140. The van der Waals surface area contributed by atoms with E-state index in [9.17, 15) is 14.7 Å². The average Bonchev–Trinajstić information content (AvgIpc) is 3.45. The fourth-order valence-electron chi connectivity index (χ4n) is 4.32. The van der Waals surface area contributed by atoms with E-state index in [-0.39, 0.29) is 24.0 Å². The first-order chi connectivity index (χ1) is 16.0. The average molecular weight is 452 g/mol. The zero-order chi connectivity index (χ0) is 23.4. The third-order valence-corrected chi connectivity index (χ3v) is 5.98. The molecule has 33 heavy (non-hydrogen) atoms. The number of ketones is 1. The van der Waals surface area contributed by atoms with E-state index in [0.717, 1.165) is 19.3 Å². The van der Waals surface area contributed by atoms with Crippen molar-refractivity contribution < 1.29 is 28.9 Å². The van der Waals surface area contributed by atoms with Gasteiger partial charge in [-0.15, -0.1) is 0 Å². The van der Waals surface area contributed by atoms with Crippen LogP contribution in [0.25, 0.3) is 5.76 Å². The van der Waals surface area contributed by atoms with Crippen LogP contribution in [0.3, 0.4) is 0 Å². The molecule has 2 fully saturated rings. The summed E-state index contributed by atoms with van der Waals surface area (Å²) in [6.07, 6.45) is 2.47. The number of aliphatic hydroxyl groups is 1. The molecule has 2 heterocycles. The van der Waals surface area contributed by atoms with Gasteiger partial charge >= 0.3 is 0 Å². The molecule has 2 atom stereocenters. The van der Waals surface area contributed by atoms with Gasteiger partial charge in [-0.25, -0.2) is 0 Å². The normalized spacial score (nSPS) is 22.1. The van der Waals surface area contributed by atoms with Crippen molar-refractivity contribution in [3.8, 4) is 11.5 Å². The number of amides is 1. The van der Waals surface area contributed by atoms with Crippen molar-refractivity contribution in [1.29, 1.82) is 0 Å². The lowest BCUT2D eigenvalue weighted by Crippen LogP contribution is -2.36. The maximum absolute atomic E-state index is 13.2. The Kier molecular flexibility index (Phi) is 6.99. The van der Waals surface area contributed by atoms with E-state index in [0.29, 0.717) is 35.8 Å². The number of hydrogen-bond donors (Lipinski definition) is 1. The van der Waals surface area contributed by atoms with Crippen molar-refractivity contribution in [2.45, 2.75) is 38.3 Å². The molecule has 2 aromatic carbocycles. The van der Waals surface area contributed by atoms with Crippen molar-refractivity contribution in [3.05, 3.63) is 65.2 Å². The van der Waals surface area contributed by atoms with E-state index >= 15 is 0 Å². The van der Waals surface area contributed by atoms with Crippen LogP contribution in [-0.2, 0) is 14.3 Å². The number of hydrogen-bond acceptors (Lipinski definition) is 6. The van der Waals surface area contributed by atoms with Crippen LogP contribution >= 0.6 is 0 Å². The first kappa shape index (κ1) is 22.9. The molecule has 0 aromatic heterocycles. The maximum Gasteiger partial charge on any atom is 0.295 e. The van der Waals surface area contributed by atoms with Gasteiger partial charge in [-0.2, -0.15) is 0 Å². The largest absolute Gasteiger partial charge is 0.507 e. The standard InChI is InChI=1S/C26H29NO6/c1-3-13-32-20-7-4-6-18(15-20)24(28)22-23(17-9-11-19(31-2)12-10-17)27(26(30)25(22)29)16-21-8-5-14-33-21/h4,6-7,9-12,15,21,23,28H,3,5,8,13-14,16H2,1-2H3/b24-22-. The molecule has 0 saturated carbocycles. The fourth-order valence-corrected chi connectivity index (χ4v) is 4.32. The highest BCUT2D eigenvalue weighted by atomic mass is 16.5. The van der Waals surface area contributed by atoms with E-state index in [1.165, 1.54) is 4.90 Å². The summed E-state index contributed by atoms with van der Waals surface area (Å²) in [5, 5.41) is 11.2. The molecule has 0 bridgehead atoms. The van der Waals surface area contributed by atoms with Crippen molar-refractivity contribution in [3.63, 3.8) is 0 Å². The summed E-state index contributed by atoms with van der Waals surface area (Å²) in [5.41, 5.74) is 1.21. The van der Waals surface area contributed by atoms with Crippen LogP contribution in [0, 0.1) is 0 Å². The van der Waals surface area contributed by atoms with Gasteiger partial charge in [-0.05, 0) is 49.1 Å². The first-order valence-corrected chi connectivity index (χ1v) is 11.3. The zero-order valence-corrected chi connectivity index (χ0v) is 19.0. The minimum absolute atomic E-state index is 0.0656. The van der Waals surface area contributed by atoms with Gasteiger partial charge in [0.1, 0.15) is 17.3 Å². The van der Waals surface area contributed by atoms with E-state index in [1.54, 1.807) is 43.5 Å². The topological polar surface area (TPSA) is 85.3 Å². The quantitative estimate of drug-likeness (QED) is 0.370. The predicted molar refractivity (Wildman–Crippen MR) is 123 cm³/mol. The Morgan fingerprint density at radius 3 is 2.61 bits per heavy atom. The molecule has 2 aliphatic heterocycles. The second-order valence-electron chi connectivity index (χ2n) is 8.24. The number of aliphatic hydroxyl groups excluding tert-OH is 1. The maximum atomic E-state index is 13.2. The highest BCUT2D eigenvalue weighted by Gasteiger charge is 2.47. The number of carbonyl (C=O) groups is 2. The Bertz CT molecular complexity index is 1040. The molecular formula is C26H29NO6. The molecule has 174 valence electrons. The minimum Gasteiger partial charge on any atom is -0.507 e. The molecule has 2 saturated heterocycles. The van der Waals surface area contributed by atoms with E-state index in [4.69, 9.17) is 14.2 Å². The number of ether oxygens (including phenoxy) is 3. The molecule has 7 heteroatoms. The highest BCUT2D eigenvalue weighted by Crippen LogP contribution is 2.40. The number of nitrogens with zero attached hydrogens (tertiary/aromatic N) is 1. The van der Waals surface area contributed by atoms with Gasteiger partial charge in [0, 0.05) is 18.7 Å². The Labute approximate surface area is 193 Å². The van der Waals surface area contributed by atoms with Gasteiger partial charge in [0.05, 0.1) is 31.4 Å². The molecule has 1 amide bonds. The summed E-state index contributed by atoms with van der Waals surface area (Å²) in [7, 11) is 1.58. The fraction of sp³-hybridized carbons (Fsp3) is 0.385. The molecule has 4 rings (SSSR count). The van der Waals surface area contributed by atoms with Crippen molar-refractivity contribution in [2.75, 3.05) is 26.9 Å². The van der Waals surface area contributed by atoms with Crippen LogP contribution in [0.2, 0.25) is 0 Å². The van der Waals surface area contributed by atoms with Crippen LogP contribution in [0.1, 0.15) is 43.4 Å². The smallest absolute Gasteiger partial charge is 0.295 e. The second kappa shape index (κ2) is 10.1. The SMILES string of the molecule is CCCOc1cccc(/C(O)=C2/C(=O)C(=O)N(CC3CCCO3)C2c2ccc(OC)cc2)c1. The number of Topliss-reactive ketones (excluding diaryl/α,β-unsaturated/α-hetero) is 1. The van der Waals surface area contributed by atoms with Crippen LogP contribution < -0.4 is 9.47 Å². The van der Waals surface area contributed by atoms with Gasteiger partial charge in [-0.3, -0.25) is 9.59 Å². The van der Waals surface area contributed by atoms with Crippen LogP contribution in [0.15, 0.2) is 54.1 Å². The number of benzene rings is 2. The van der Waals surface area contributed by atoms with Gasteiger partial charge in [-0.1, -0.05) is 31.2 Å². The summed E-state index contributed by atoms with van der Waals surface area (Å²) in [6, 6.07) is 13.4. The molecule has 1 N–H and O–H groups in total. The van der Waals surface area contributed by atoms with Crippen LogP contribution in [0.4, 0.5) is 0 Å². The molecule has 2 unspecified atom stereocenters. The van der Waals surface area contributed by atoms with E-state index < -0.39 is 17.7 Å². The molecule has 0 spiro atoms. The summed E-state index contributed by atoms with van der Waals surface area (Å²) in [4.78, 5) is 27.8. The monoisotopic (exact) mass is 451 g/mol. The second-order valence-corrected chi connectivity index (χ2v) is 8.24. The number of carbonyl (C=O) groups excluding carboxylic acids is 2.